The summed E-state index contributed by atoms with van der Waals surface area (Å²) in [5.74, 6) is 0.342. The molecule has 4 N–H and O–H groups in total. The third-order valence-electron chi connectivity index (χ3n) is 4.55. The summed E-state index contributed by atoms with van der Waals surface area (Å²) >= 11 is 0. The number of nitrogens with two attached hydrogens (primary N) is 1. The summed E-state index contributed by atoms with van der Waals surface area (Å²) in [7, 11) is -3.62. The zero-order valence-corrected chi connectivity index (χ0v) is 20.4. The van der Waals surface area contributed by atoms with E-state index < -0.39 is 15.6 Å². The Hall–Kier alpha value is -0.910. The monoisotopic (exact) mass is 523 g/mol. The maximum absolute atomic E-state index is 12.7. The van der Waals surface area contributed by atoms with E-state index in [9.17, 15) is 8.42 Å². The number of halogens is 1. The normalized spacial score (nSPS) is 18.7. The van der Waals surface area contributed by atoms with Crippen LogP contribution in [0.1, 0.15) is 46.1 Å². The lowest BCUT2D eigenvalue weighted by Crippen LogP contribution is -2.42. The number of sulfonamides is 1. The smallest absolute Gasteiger partial charge is 0.241 e. The Morgan fingerprint density at radius 3 is 2.64 bits per heavy atom. The predicted molar refractivity (Wildman–Crippen MR) is 126 cm³/mol. The highest BCUT2D eigenvalue weighted by Crippen LogP contribution is 2.19. The van der Waals surface area contributed by atoms with Crippen LogP contribution in [0.2, 0.25) is 0 Å². The number of nitrogens with zero attached hydrogens (tertiary/aromatic N) is 2. The molecule has 160 valence electrons. The zero-order chi connectivity index (χ0) is 20.1. The van der Waals surface area contributed by atoms with Crippen molar-refractivity contribution in [3.05, 3.63) is 29.8 Å². The molecule has 1 atom stereocenters. The van der Waals surface area contributed by atoms with Gasteiger partial charge in [0.1, 0.15) is 0 Å². The Labute approximate surface area is 186 Å². The Morgan fingerprint density at radius 1 is 1.32 bits per heavy atom. The highest BCUT2D eigenvalue weighted by molar-refractivity contribution is 14.0. The molecular weight excluding hydrogens is 489 g/mol. The SMILES string of the molecule is CCN1CCCC1CNC(N)=NCc1ccccc1S(=O)(=O)NC(C)(C)C.I. The van der Waals surface area contributed by atoms with Gasteiger partial charge in [0.25, 0.3) is 0 Å². The van der Waals surface area contributed by atoms with Gasteiger partial charge in [-0.2, -0.15) is 0 Å². The Bertz CT molecular complexity index is 762. The fourth-order valence-electron chi connectivity index (χ4n) is 3.35. The van der Waals surface area contributed by atoms with E-state index in [1.807, 2.05) is 26.8 Å². The van der Waals surface area contributed by atoms with Gasteiger partial charge < -0.3 is 11.1 Å². The topological polar surface area (TPSA) is 99.8 Å². The average Bonchev–Trinajstić information content (AvgIpc) is 3.04. The van der Waals surface area contributed by atoms with E-state index in [2.05, 4.69) is 26.9 Å². The van der Waals surface area contributed by atoms with Gasteiger partial charge in [0, 0.05) is 18.1 Å². The molecule has 7 nitrogen and oxygen atoms in total. The minimum absolute atomic E-state index is 0. The van der Waals surface area contributed by atoms with Crippen LogP contribution in [0.15, 0.2) is 34.2 Å². The van der Waals surface area contributed by atoms with Crippen LogP contribution in [0, 0.1) is 0 Å². The van der Waals surface area contributed by atoms with Crippen molar-refractivity contribution in [1.29, 1.82) is 0 Å². The molecule has 1 heterocycles. The van der Waals surface area contributed by atoms with Gasteiger partial charge in [-0.25, -0.2) is 18.1 Å². The van der Waals surface area contributed by atoms with Crippen LogP contribution in [-0.2, 0) is 16.6 Å². The van der Waals surface area contributed by atoms with Crippen molar-refractivity contribution in [2.24, 2.45) is 10.7 Å². The summed E-state index contributed by atoms with van der Waals surface area (Å²) in [6.45, 7) is 10.7. The van der Waals surface area contributed by atoms with Crippen molar-refractivity contribution in [2.45, 2.75) is 63.6 Å². The number of likely N-dealkylation sites (tertiary alicyclic amines) is 1. The Morgan fingerprint density at radius 2 is 2.00 bits per heavy atom. The van der Waals surface area contributed by atoms with Gasteiger partial charge in [-0.15, -0.1) is 24.0 Å². The quantitative estimate of drug-likeness (QED) is 0.289. The van der Waals surface area contributed by atoms with Gasteiger partial charge in [0.15, 0.2) is 5.96 Å². The van der Waals surface area contributed by atoms with E-state index in [0.29, 0.717) is 17.6 Å². The van der Waals surface area contributed by atoms with E-state index in [-0.39, 0.29) is 35.4 Å². The van der Waals surface area contributed by atoms with Crippen LogP contribution in [0.3, 0.4) is 0 Å². The number of aliphatic imine (C=N–C) groups is 1. The van der Waals surface area contributed by atoms with Crippen LogP contribution in [0.5, 0.6) is 0 Å². The molecule has 0 saturated carbocycles. The molecule has 28 heavy (non-hydrogen) atoms. The van der Waals surface area contributed by atoms with Crippen molar-refractivity contribution in [1.82, 2.24) is 14.9 Å². The summed E-state index contributed by atoms with van der Waals surface area (Å²) in [6.07, 6.45) is 2.37. The maximum Gasteiger partial charge on any atom is 0.241 e. The van der Waals surface area contributed by atoms with E-state index in [0.717, 1.165) is 26.1 Å². The first-order chi connectivity index (χ1) is 12.6. The van der Waals surface area contributed by atoms with Crippen LogP contribution in [-0.4, -0.2) is 50.5 Å². The van der Waals surface area contributed by atoms with E-state index in [4.69, 9.17) is 5.73 Å². The summed E-state index contributed by atoms with van der Waals surface area (Å²) < 4.78 is 28.0. The highest BCUT2D eigenvalue weighted by Gasteiger charge is 2.24. The lowest BCUT2D eigenvalue weighted by molar-refractivity contribution is 0.267. The Balaban J connectivity index is 0.00000392. The first-order valence-corrected chi connectivity index (χ1v) is 11.0. The second-order valence-corrected chi connectivity index (χ2v) is 9.62. The molecule has 1 unspecified atom stereocenters. The van der Waals surface area contributed by atoms with Crippen LogP contribution in [0.4, 0.5) is 0 Å². The number of benzene rings is 1. The van der Waals surface area contributed by atoms with Gasteiger partial charge in [-0.1, -0.05) is 25.1 Å². The summed E-state index contributed by atoms with van der Waals surface area (Å²) in [5.41, 5.74) is 6.07. The molecule has 9 heteroatoms. The summed E-state index contributed by atoms with van der Waals surface area (Å²) in [4.78, 5) is 7.02. The molecule has 1 aromatic rings. The number of likely N-dealkylation sites (N-methyl/N-ethyl adjacent to an activating group) is 1. The van der Waals surface area contributed by atoms with E-state index >= 15 is 0 Å². The molecule has 0 spiro atoms. The lowest BCUT2D eigenvalue weighted by Gasteiger charge is -2.23. The van der Waals surface area contributed by atoms with Gasteiger partial charge >= 0.3 is 0 Å². The van der Waals surface area contributed by atoms with Gasteiger partial charge in [0.05, 0.1) is 11.4 Å². The standard InChI is InChI=1S/C19H33N5O2S.HI/c1-5-24-12-8-10-16(24)14-22-18(20)21-13-15-9-6-7-11-17(15)27(25,26)23-19(2,3)4;/h6-7,9,11,16,23H,5,8,10,12-14H2,1-4H3,(H3,20,21,22);1H. The molecule has 1 aliphatic heterocycles. The number of hydrogen-bond acceptors (Lipinski definition) is 4. The van der Waals surface area contributed by atoms with Crippen molar-refractivity contribution < 1.29 is 8.42 Å². The first-order valence-electron chi connectivity index (χ1n) is 9.52. The molecule has 0 aromatic heterocycles. The van der Waals surface area contributed by atoms with Crippen molar-refractivity contribution >= 4 is 40.0 Å². The minimum atomic E-state index is -3.62. The minimum Gasteiger partial charge on any atom is -0.370 e. The van der Waals surface area contributed by atoms with Crippen LogP contribution < -0.4 is 15.8 Å². The molecule has 0 bridgehead atoms. The van der Waals surface area contributed by atoms with Crippen LogP contribution >= 0.6 is 24.0 Å². The van der Waals surface area contributed by atoms with Gasteiger partial charge in [-0.05, 0) is 58.3 Å². The molecule has 1 saturated heterocycles. The third-order valence-corrected chi connectivity index (χ3v) is 6.40. The lowest BCUT2D eigenvalue weighted by atomic mass is 10.1. The van der Waals surface area contributed by atoms with Gasteiger partial charge in [0.2, 0.25) is 10.0 Å². The van der Waals surface area contributed by atoms with Gasteiger partial charge in [-0.3, -0.25) is 4.90 Å². The van der Waals surface area contributed by atoms with Crippen molar-refractivity contribution in [3.63, 3.8) is 0 Å². The Kier molecular flexibility index (Phi) is 9.65. The van der Waals surface area contributed by atoms with E-state index in [1.54, 1.807) is 18.2 Å². The van der Waals surface area contributed by atoms with Crippen molar-refractivity contribution in [3.8, 4) is 0 Å². The highest BCUT2D eigenvalue weighted by atomic mass is 127. The largest absolute Gasteiger partial charge is 0.370 e. The summed E-state index contributed by atoms with van der Waals surface area (Å²) in [5, 5.41) is 3.18. The number of nitrogens with one attached hydrogen (secondary N) is 2. The number of guanidine groups is 1. The third kappa shape index (κ3) is 7.49. The zero-order valence-electron chi connectivity index (χ0n) is 17.2. The molecule has 2 rings (SSSR count). The average molecular weight is 523 g/mol. The first kappa shape index (κ1) is 25.1. The predicted octanol–water partition coefficient (Wildman–Crippen LogP) is 2.27. The fraction of sp³-hybridized carbons (Fsp3) is 0.632. The molecule has 1 aromatic carbocycles. The molecule has 0 radical (unpaired) electrons. The number of rotatable bonds is 7. The van der Waals surface area contributed by atoms with Crippen LogP contribution in [0.25, 0.3) is 0 Å². The molecular formula is C19H34IN5O2S. The molecule has 1 fully saturated rings. The fourth-order valence-corrected chi connectivity index (χ4v) is 5.00. The summed E-state index contributed by atoms with van der Waals surface area (Å²) in [6, 6.07) is 7.37. The maximum atomic E-state index is 12.7. The molecule has 0 aliphatic carbocycles. The molecule has 0 amide bonds. The second kappa shape index (κ2) is 10.7. The van der Waals surface area contributed by atoms with E-state index in [1.165, 1.54) is 6.42 Å². The number of hydrogen-bond donors (Lipinski definition) is 3. The second-order valence-electron chi connectivity index (χ2n) is 7.97. The van der Waals surface area contributed by atoms with Crippen molar-refractivity contribution in [2.75, 3.05) is 19.6 Å². The molecule has 1 aliphatic rings.